The first-order valence-corrected chi connectivity index (χ1v) is 11.7. The fourth-order valence-electron chi connectivity index (χ4n) is 3.49. The molecule has 0 atom stereocenters. The summed E-state index contributed by atoms with van der Waals surface area (Å²) in [6.45, 7) is 5.01. The first-order valence-electron chi connectivity index (χ1n) is 11.7. The maximum Gasteiger partial charge on any atom is 0.387 e. The van der Waals surface area contributed by atoms with Crippen molar-refractivity contribution in [3.8, 4) is 5.75 Å². The topological polar surface area (TPSA) is 136 Å². The van der Waals surface area contributed by atoms with Crippen LogP contribution in [0.5, 0.6) is 5.75 Å². The highest BCUT2D eigenvalue weighted by Crippen LogP contribution is 2.26. The quantitative estimate of drug-likeness (QED) is 0.240. The lowest BCUT2D eigenvalue weighted by Crippen LogP contribution is -2.40. The van der Waals surface area contributed by atoms with Gasteiger partial charge in [0.2, 0.25) is 5.91 Å². The van der Waals surface area contributed by atoms with Gasteiger partial charge < -0.3 is 25.3 Å². The van der Waals surface area contributed by atoms with Gasteiger partial charge in [-0.15, -0.1) is 0 Å². The fourth-order valence-corrected chi connectivity index (χ4v) is 3.49. The van der Waals surface area contributed by atoms with Gasteiger partial charge in [-0.3, -0.25) is 15.0 Å². The van der Waals surface area contributed by atoms with Crippen LogP contribution < -0.4 is 15.4 Å². The van der Waals surface area contributed by atoms with Gasteiger partial charge in [-0.2, -0.15) is 8.78 Å². The number of fused-ring (bicyclic) bond motifs is 1. The highest BCUT2D eigenvalue weighted by Gasteiger charge is 2.21. The van der Waals surface area contributed by atoms with Gasteiger partial charge in [-0.25, -0.2) is 9.97 Å². The number of aromatic amines is 1. The number of hydrogen-bond acceptors (Lipinski definition) is 7. The second kappa shape index (κ2) is 11.3. The zero-order valence-electron chi connectivity index (χ0n) is 21.4. The molecule has 2 amide bonds. The Balaban J connectivity index is 1.92. The number of halogens is 2. The SMILES string of the molecule is CC(=O)N(C)CCCNc1ccc(OC(F)F)cc1C(=N)c1cnc2[nH]cc(C(=O)NC(C)(C)C)c2n1. The molecule has 0 radical (unpaired) electrons. The summed E-state index contributed by atoms with van der Waals surface area (Å²) in [6, 6.07) is 4.25. The molecule has 0 fully saturated rings. The summed E-state index contributed by atoms with van der Waals surface area (Å²) < 4.78 is 30.2. The van der Waals surface area contributed by atoms with Gasteiger partial charge in [-0.1, -0.05) is 0 Å². The Bertz CT molecular complexity index is 1300. The number of nitrogens with zero attached hydrogens (tertiary/aromatic N) is 3. The summed E-state index contributed by atoms with van der Waals surface area (Å²) in [7, 11) is 1.70. The van der Waals surface area contributed by atoms with E-state index >= 15 is 0 Å². The van der Waals surface area contributed by atoms with Crippen LogP contribution in [-0.4, -0.2) is 69.7 Å². The van der Waals surface area contributed by atoms with Crippen LogP contribution in [0.15, 0.2) is 30.6 Å². The van der Waals surface area contributed by atoms with E-state index in [1.807, 2.05) is 20.8 Å². The van der Waals surface area contributed by atoms with Gasteiger partial charge in [0, 0.05) is 50.0 Å². The number of hydrogen-bond donors (Lipinski definition) is 4. The van der Waals surface area contributed by atoms with Crippen molar-refractivity contribution >= 4 is 34.4 Å². The molecule has 0 saturated carbocycles. The third-order valence-electron chi connectivity index (χ3n) is 5.38. The predicted octanol–water partition coefficient (Wildman–Crippen LogP) is 3.78. The third kappa shape index (κ3) is 7.21. The minimum Gasteiger partial charge on any atom is -0.435 e. The maximum absolute atomic E-state index is 12.9. The molecule has 3 rings (SSSR count). The monoisotopic (exact) mass is 515 g/mol. The molecule has 2 heterocycles. The van der Waals surface area contributed by atoms with Crippen LogP contribution in [0.2, 0.25) is 0 Å². The number of anilines is 1. The highest BCUT2D eigenvalue weighted by molar-refractivity contribution is 6.14. The summed E-state index contributed by atoms with van der Waals surface area (Å²) in [5.41, 5.74) is 1.27. The molecule has 37 heavy (non-hydrogen) atoms. The molecule has 3 aromatic rings. The van der Waals surface area contributed by atoms with Crippen molar-refractivity contribution < 1.29 is 23.1 Å². The minimum atomic E-state index is -3.03. The number of alkyl halides is 2. The molecule has 2 aromatic heterocycles. The van der Waals surface area contributed by atoms with Crippen molar-refractivity contribution in [2.24, 2.45) is 0 Å². The number of amides is 2. The Morgan fingerprint density at radius 3 is 2.62 bits per heavy atom. The van der Waals surface area contributed by atoms with E-state index in [1.54, 1.807) is 18.0 Å². The van der Waals surface area contributed by atoms with Crippen LogP contribution >= 0.6 is 0 Å². The average molecular weight is 516 g/mol. The molecule has 198 valence electrons. The van der Waals surface area contributed by atoms with E-state index in [1.165, 1.54) is 31.5 Å². The third-order valence-corrected chi connectivity index (χ3v) is 5.38. The first-order chi connectivity index (χ1) is 17.4. The second-order valence-corrected chi connectivity index (χ2v) is 9.54. The van der Waals surface area contributed by atoms with E-state index < -0.39 is 12.2 Å². The van der Waals surface area contributed by atoms with Crippen molar-refractivity contribution in [3.63, 3.8) is 0 Å². The summed E-state index contributed by atoms with van der Waals surface area (Å²) in [6.07, 6.45) is 3.50. The number of carbonyl (C=O) groups is 2. The lowest BCUT2D eigenvalue weighted by atomic mass is 10.0. The molecule has 0 aliphatic rings. The van der Waals surface area contributed by atoms with E-state index in [2.05, 4.69) is 30.3 Å². The fraction of sp³-hybridized carbons (Fsp3) is 0.400. The van der Waals surface area contributed by atoms with Crippen molar-refractivity contribution in [2.45, 2.75) is 46.3 Å². The van der Waals surface area contributed by atoms with Crippen LogP contribution in [-0.2, 0) is 4.79 Å². The molecular formula is C25H31F2N7O3. The molecule has 0 aliphatic carbocycles. The molecule has 0 bridgehead atoms. The Morgan fingerprint density at radius 2 is 1.97 bits per heavy atom. The summed E-state index contributed by atoms with van der Waals surface area (Å²) in [4.78, 5) is 37.4. The molecule has 0 spiro atoms. The van der Waals surface area contributed by atoms with Gasteiger partial charge in [-0.05, 0) is 45.4 Å². The van der Waals surface area contributed by atoms with Crippen LogP contribution in [0.4, 0.5) is 14.5 Å². The summed E-state index contributed by atoms with van der Waals surface area (Å²) in [5.74, 6) is -0.510. The van der Waals surface area contributed by atoms with Crippen molar-refractivity contribution in [2.75, 3.05) is 25.5 Å². The smallest absolute Gasteiger partial charge is 0.387 e. The lowest BCUT2D eigenvalue weighted by Gasteiger charge is -2.20. The molecule has 0 saturated heterocycles. The second-order valence-electron chi connectivity index (χ2n) is 9.54. The van der Waals surface area contributed by atoms with Crippen LogP contribution in [0.1, 0.15) is 55.7 Å². The Labute approximate surface area is 213 Å². The molecule has 0 aliphatic heterocycles. The molecule has 12 heteroatoms. The number of nitrogens with one attached hydrogen (secondary N) is 4. The zero-order chi connectivity index (χ0) is 27.3. The van der Waals surface area contributed by atoms with E-state index in [9.17, 15) is 18.4 Å². The number of benzene rings is 1. The average Bonchev–Trinajstić information content (AvgIpc) is 3.23. The zero-order valence-corrected chi connectivity index (χ0v) is 21.4. The van der Waals surface area contributed by atoms with Gasteiger partial charge in [0.1, 0.15) is 17.0 Å². The normalized spacial score (nSPS) is 11.5. The Hall–Kier alpha value is -4.09. The molecule has 1 aromatic carbocycles. The minimum absolute atomic E-state index is 0.0507. The number of carbonyl (C=O) groups excluding carboxylic acids is 2. The van der Waals surface area contributed by atoms with Crippen LogP contribution in [0.25, 0.3) is 11.2 Å². The largest absolute Gasteiger partial charge is 0.435 e. The van der Waals surface area contributed by atoms with E-state index in [4.69, 9.17) is 5.41 Å². The van der Waals surface area contributed by atoms with E-state index in [0.29, 0.717) is 30.8 Å². The van der Waals surface area contributed by atoms with Gasteiger partial charge in [0.15, 0.2) is 5.65 Å². The van der Waals surface area contributed by atoms with Crippen molar-refractivity contribution in [3.05, 3.63) is 47.4 Å². The predicted molar refractivity (Wildman–Crippen MR) is 137 cm³/mol. The summed E-state index contributed by atoms with van der Waals surface area (Å²) >= 11 is 0. The van der Waals surface area contributed by atoms with Crippen LogP contribution in [0, 0.1) is 5.41 Å². The Kier molecular flexibility index (Phi) is 8.41. The first kappa shape index (κ1) is 27.5. The van der Waals surface area contributed by atoms with Crippen LogP contribution in [0.3, 0.4) is 0 Å². The van der Waals surface area contributed by atoms with Crippen molar-refractivity contribution in [1.82, 2.24) is 25.2 Å². The molecular weight excluding hydrogens is 484 g/mol. The molecule has 0 unspecified atom stereocenters. The maximum atomic E-state index is 12.9. The number of rotatable bonds is 10. The number of H-pyrrole nitrogens is 1. The van der Waals surface area contributed by atoms with E-state index in [-0.39, 0.29) is 45.6 Å². The molecule has 4 N–H and O–H groups in total. The van der Waals surface area contributed by atoms with Gasteiger partial charge >= 0.3 is 6.61 Å². The summed E-state index contributed by atoms with van der Waals surface area (Å²) in [5, 5.41) is 14.9. The standard InChI is InChI=1S/C25H31F2N7O3/c1-14(35)34(5)10-6-9-29-18-8-7-15(37-24(26)27)11-16(18)20(28)19-13-31-22-21(32-19)17(12-30-22)23(36)33-25(2,3)4/h7-8,11-13,24,28-29H,6,9-10H2,1-5H3,(H,30,31)(H,33,36). The molecule has 10 nitrogen and oxygen atoms in total. The van der Waals surface area contributed by atoms with Gasteiger partial charge in [0.05, 0.1) is 17.5 Å². The highest BCUT2D eigenvalue weighted by atomic mass is 19.3. The van der Waals surface area contributed by atoms with E-state index in [0.717, 1.165) is 0 Å². The number of aromatic nitrogens is 3. The Morgan fingerprint density at radius 1 is 1.24 bits per heavy atom. The lowest BCUT2D eigenvalue weighted by molar-refractivity contribution is -0.127. The van der Waals surface area contributed by atoms with Crippen molar-refractivity contribution in [1.29, 1.82) is 5.41 Å². The van der Waals surface area contributed by atoms with Gasteiger partial charge in [0.25, 0.3) is 5.91 Å². The number of ether oxygens (including phenoxy) is 1.